The van der Waals surface area contributed by atoms with Gasteiger partial charge in [0.25, 0.3) is 0 Å². The number of rotatable bonds is 3. The zero-order chi connectivity index (χ0) is 10.8. The highest BCUT2D eigenvalue weighted by Gasteiger charge is 2.13. The van der Waals surface area contributed by atoms with Gasteiger partial charge in [-0.25, -0.2) is 13.6 Å². The molecule has 0 saturated carbocycles. The van der Waals surface area contributed by atoms with Crippen LogP contribution in [0.1, 0.15) is 5.56 Å². The number of phenolic OH excluding ortho intramolecular Hbond substituents is 1. The minimum Gasteiger partial charge on any atom is -0.507 e. The summed E-state index contributed by atoms with van der Waals surface area (Å²) in [5.41, 5.74) is 5.86. The summed E-state index contributed by atoms with van der Waals surface area (Å²) in [6, 6.07) is 4.09. The fourth-order valence-corrected chi connectivity index (χ4v) is 1.68. The first kappa shape index (κ1) is 11.0. The first-order valence-corrected chi connectivity index (χ1v) is 5.39. The first-order valence-electron chi connectivity index (χ1n) is 3.84. The van der Waals surface area contributed by atoms with Crippen molar-refractivity contribution in [1.29, 1.82) is 0 Å². The predicted octanol–water partition coefficient (Wildman–Crippen LogP) is -0.449. The Hall–Kier alpha value is -1.11. The maximum Gasteiger partial charge on any atom is 0.241 e. The van der Waals surface area contributed by atoms with Gasteiger partial charge in [-0.15, -0.1) is 0 Å². The number of hydrogen-bond acceptors (Lipinski definition) is 4. The molecule has 1 aromatic carbocycles. The third-order valence-electron chi connectivity index (χ3n) is 1.64. The second-order valence-corrected chi connectivity index (χ2v) is 4.24. The minimum atomic E-state index is -3.89. The molecule has 0 aromatic heterocycles. The van der Waals surface area contributed by atoms with Crippen LogP contribution in [0.15, 0.2) is 23.1 Å². The first-order chi connectivity index (χ1) is 6.45. The standard InChI is InChI=1S/C8H11N2O3S/c9-4-3-6-1-2-7(11)8(5-6)14(10,12)13/h1-3,5,11H,4,9H2,(H2,10,12,13). The monoisotopic (exact) mass is 215 g/mol. The summed E-state index contributed by atoms with van der Waals surface area (Å²) in [6.07, 6.45) is 1.62. The van der Waals surface area contributed by atoms with Gasteiger partial charge in [0.05, 0.1) is 0 Å². The van der Waals surface area contributed by atoms with Gasteiger partial charge >= 0.3 is 0 Å². The van der Waals surface area contributed by atoms with Crippen molar-refractivity contribution in [3.63, 3.8) is 0 Å². The van der Waals surface area contributed by atoms with E-state index < -0.39 is 10.0 Å². The second-order valence-electron chi connectivity index (χ2n) is 2.71. The molecule has 0 heterocycles. The molecule has 77 valence electrons. The Morgan fingerprint density at radius 2 is 2.07 bits per heavy atom. The largest absolute Gasteiger partial charge is 0.507 e. The Labute approximate surface area is 82.4 Å². The Morgan fingerprint density at radius 1 is 1.43 bits per heavy atom. The average Bonchev–Trinajstić information content (AvgIpc) is 2.07. The molecule has 0 aliphatic carbocycles. The van der Waals surface area contributed by atoms with Crippen LogP contribution in [0.4, 0.5) is 0 Å². The Morgan fingerprint density at radius 3 is 2.57 bits per heavy atom. The molecular weight excluding hydrogens is 204 g/mol. The van der Waals surface area contributed by atoms with Gasteiger partial charge in [0.15, 0.2) is 0 Å². The van der Waals surface area contributed by atoms with Crippen molar-refractivity contribution in [1.82, 2.24) is 0 Å². The van der Waals surface area contributed by atoms with E-state index in [9.17, 15) is 13.5 Å². The van der Waals surface area contributed by atoms with Crippen molar-refractivity contribution in [3.05, 3.63) is 30.2 Å². The van der Waals surface area contributed by atoms with Crippen LogP contribution >= 0.6 is 0 Å². The van der Waals surface area contributed by atoms with Crippen LogP contribution in [-0.4, -0.2) is 20.1 Å². The predicted molar refractivity (Wildman–Crippen MR) is 51.9 cm³/mol. The number of aromatic hydroxyl groups is 1. The van der Waals surface area contributed by atoms with Crippen LogP contribution in [0, 0.1) is 6.42 Å². The molecule has 5 N–H and O–H groups in total. The van der Waals surface area contributed by atoms with Gasteiger partial charge in [0.1, 0.15) is 10.6 Å². The highest BCUT2D eigenvalue weighted by atomic mass is 32.2. The van der Waals surface area contributed by atoms with E-state index in [4.69, 9.17) is 10.9 Å². The van der Waals surface area contributed by atoms with Gasteiger partial charge < -0.3 is 10.8 Å². The third kappa shape index (κ3) is 2.44. The number of benzene rings is 1. The van der Waals surface area contributed by atoms with E-state index in [1.807, 2.05) is 0 Å². The quantitative estimate of drug-likeness (QED) is 0.634. The van der Waals surface area contributed by atoms with E-state index in [1.54, 1.807) is 12.5 Å². The van der Waals surface area contributed by atoms with Crippen molar-refractivity contribution < 1.29 is 13.5 Å². The highest BCUT2D eigenvalue weighted by Crippen LogP contribution is 2.22. The van der Waals surface area contributed by atoms with Crippen LogP contribution in [-0.2, 0) is 10.0 Å². The Bertz CT molecular complexity index is 428. The molecule has 0 amide bonds. The van der Waals surface area contributed by atoms with Crippen LogP contribution in [0.5, 0.6) is 5.75 Å². The number of hydrogen-bond donors (Lipinski definition) is 3. The second kappa shape index (κ2) is 3.95. The Kier molecular flexibility index (Phi) is 3.10. The van der Waals surface area contributed by atoms with Gasteiger partial charge in [-0.2, -0.15) is 0 Å². The number of primary sulfonamides is 1. The normalized spacial score (nSPS) is 11.6. The third-order valence-corrected chi connectivity index (χ3v) is 2.58. The summed E-state index contributed by atoms with van der Waals surface area (Å²) < 4.78 is 22.0. The lowest BCUT2D eigenvalue weighted by Gasteiger charge is -2.04. The summed E-state index contributed by atoms with van der Waals surface area (Å²) in [7, 11) is -3.89. The molecule has 1 radical (unpaired) electrons. The van der Waals surface area contributed by atoms with Crippen molar-refractivity contribution in [2.45, 2.75) is 4.90 Å². The zero-order valence-corrected chi connectivity index (χ0v) is 8.16. The van der Waals surface area contributed by atoms with E-state index in [1.165, 1.54) is 12.1 Å². The summed E-state index contributed by atoms with van der Waals surface area (Å²) in [6.45, 7) is 0.287. The van der Waals surface area contributed by atoms with E-state index >= 15 is 0 Å². The maximum absolute atomic E-state index is 11.0. The van der Waals surface area contributed by atoms with Crippen molar-refractivity contribution in [2.24, 2.45) is 10.9 Å². The van der Waals surface area contributed by atoms with Crippen molar-refractivity contribution >= 4 is 10.0 Å². The van der Waals surface area contributed by atoms with Crippen molar-refractivity contribution in [3.8, 4) is 5.75 Å². The molecular formula is C8H11N2O3S. The molecule has 14 heavy (non-hydrogen) atoms. The van der Waals surface area contributed by atoms with E-state index in [0.717, 1.165) is 0 Å². The molecule has 0 unspecified atom stereocenters. The van der Waals surface area contributed by atoms with Gasteiger partial charge in [-0.05, 0) is 24.2 Å². The fraction of sp³-hybridized carbons (Fsp3) is 0.125. The lowest BCUT2D eigenvalue weighted by molar-refractivity contribution is 0.458. The molecule has 0 saturated heterocycles. The number of nitrogens with two attached hydrogens (primary N) is 2. The van der Waals surface area contributed by atoms with Crippen LogP contribution in [0.25, 0.3) is 0 Å². The molecule has 1 rings (SSSR count). The molecule has 5 nitrogen and oxygen atoms in total. The SMILES string of the molecule is NC[CH]c1ccc(O)c(S(N)(=O)=O)c1. The van der Waals surface area contributed by atoms with E-state index in [0.29, 0.717) is 5.56 Å². The number of phenols is 1. The zero-order valence-electron chi connectivity index (χ0n) is 7.34. The summed E-state index contributed by atoms with van der Waals surface area (Å²) in [5.74, 6) is -0.360. The lowest BCUT2D eigenvalue weighted by Crippen LogP contribution is -2.13. The van der Waals surface area contributed by atoms with Crippen LogP contribution < -0.4 is 10.9 Å². The Balaban J connectivity index is 3.22. The molecule has 0 bridgehead atoms. The molecule has 1 aromatic rings. The smallest absolute Gasteiger partial charge is 0.241 e. The molecule has 0 spiro atoms. The fourth-order valence-electron chi connectivity index (χ4n) is 1.02. The minimum absolute atomic E-state index is 0.287. The van der Waals surface area contributed by atoms with Crippen LogP contribution in [0.2, 0.25) is 0 Å². The van der Waals surface area contributed by atoms with E-state index in [2.05, 4.69) is 0 Å². The molecule has 6 heteroatoms. The van der Waals surface area contributed by atoms with Gasteiger partial charge in [-0.3, -0.25) is 0 Å². The summed E-state index contributed by atoms with van der Waals surface area (Å²) in [4.78, 5) is -0.292. The molecule has 0 aliphatic heterocycles. The van der Waals surface area contributed by atoms with Gasteiger partial charge in [0.2, 0.25) is 10.0 Å². The highest BCUT2D eigenvalue weighted by molar-refractivity contribution is 7.89. The number of sulfonamides is 1. The van der Waals surface area contributed by atoms with E-state index in [-0.39, 0.29) is 17.2 Å². The summed E-state index contributed by atoms with van der Waals surface area (Å²) in [5, 5.41) is 14.1. The lowest BCUT2D eigenvalue weighted by atomic mass is 10.1. The van der Waals surface area contributed by atoms with Gasteiger partial charge in [-0.1, -0.05) is 6.07 Å². The molecule has 0 aliphatic rings. The molecule has 0 atom stereocenters. The average molecular weight is 215 g/mol. The van der Waals surface area contributed by atoms with Crippen LogP contribution in [0.3, 0.4) is 0 Å². The van der Waals surface area contributed by atoms with Crippen molar-refractivity contribution in [2.75, 3.05) is 6.54 Å². The topological polar surface area (TPSA) is 106 Å². The van der Waals surface area contributed by atoms with Gasteiger partial charge in [0, 0.05) is 6.42 Å². The summed E-state index contributed by atoms with van der Waals surface area (Å²) >= 11 is 0. The maximum atomic E-state index is 11.0. The molecule has 0 fully saturated rings.